The average Bonchev–Trinajstić information content (AvgIpc) is 2.59. The molecule has 0 aliphatic rings. The van der Waals surface area contributed by atoms with Gasteiger partial charge in [0.15, 0.2) is 0 Å². The van der Waals surface area contributed by atoms with E-state index in [1.54, 1.807) is 6.20 Å². The lowest BCUT2D eigenvalue weighted by Gasteiger charge is -2.15. The van der Waals surface area contributed by atoms with Crippen molar-refractivity contribution in [1.82, 2.24) is 14.9 Å². The molecule has 1 unspecified atom stereocenters. The number of hydrogen-bond donors (Lipinski definition) is 1. The van der Waals surface area contributed by atoms with E-state index in [1.165, 1.54) is 0 Å². The average molecular weight is 209 g/mol. The molecular weight excluding hydrogens is 190 g/mol. The summed E-state index contributed by atoms with van der Waals surface area (Å²) in [6.07, 6.45) is 3.54. The van der Waals surface area contributed by atoms with Gasteiger partial charge in [-0.3, -0.25) is 4.79 Å². The summed E-state index contributed by atoms with van der Waals surface area (Å²) in [6.45, 7) is 8.65. The van der Waals surface area contributed by atoms with Gasteiger partial charge in [0.2, 0.25) is 5.91 Å². The van der Waals surface area contributed by atoms with Crippen LogP contribution in [0.2, 0.25) is 0 Å². The van der Waals surface area contributed by atoms with Gasteiger partial charge in [0.25, 0.3) is 0 Å². The van der Waals surface area contributed by atoms with Crippen molar-refractivity contribution in [3.05, 3.63) is 18.2 Å². The summed E-state index contributed by atoms with van der Waals surface area (Å²) in [6, 6.07) is -0.189. The predicted molar refractivity (Wildman–Crippen MR) is 59.5 cm³/mol. The first kappa shape index (κ1) is 11.8. The minimum absolute atomic E-state index is 0.0461. The lowest BCUT2D eigenvalue weighted by atomic mass is 10.2. The van der Waals surface area contributed by atoms with Crippen LogP contribution in [-0.2, 0) is 4.79 Å². The van der Waals surface area contributed by atoms with Crippen LogP contribution >= 0.6 is 0 Å². The Hall–Kier alpha value is -1.32. The molecule has 4 nitrogen and oxygen atoms in total. The monoisotopic (exact) mass is 209 g/mol. The highest BCUT2D eigenvalue weighted by atomic mass is 16.2. The minimum Gasteiger partial charge on any atom is -0.354 e. The van der Waals surface area contributed by atoms with Crippen LogP contribution in [0, 0.1) is 12.8 Å². The van der Waals surface area contributed by atoms with Crippen LogP contribution in [0.5, 0.6) is 0 Å². The second-order valence-electron chi connectivity index (χ2n) is 4.20. The molecule has 1 aromatic rings. The third-order valence-corrected chi connectivity index (χ3v) is 2.34. The Bertz CT molecular complexity index is 330. The Morgan fingerprint density at radius 1 is 1.53 bits per heavy atom. The molecule has 0 radical (unpaired) electrons. The van der Waals surface area contributed by atoms with Gasteiger partial charge in [-0.2, -0.15) is 0 Å². The van der Waals surface area contributed by atoms with Crippen molar-refractivity contribution < 1.29 is 4.79 Å². The highest BCUT2D eigenvalue weighted by molar-refractivity contribution is 5.79. The van der Waals surface area contributed by atoms with Gasteiger partial charge >= 0.3 is 0 Å². The Balaban J connectivity index is 2.57. The molecule has 0 bridgehead atoms. The molecule has 1 atom stereocenters. The zero-order valence-electron chi connectivity index (χ0n) is 9.82. The lowest BCUT2D eigenvalue weighted by Crippen LogP contribution is -2.33. The maximum Gasteiger partial charge on any atom is 0.242 e. The van der Waals surface area contributed by atoms with Gasteiger partial charge in [0, 0.05) is 18.9 Å². The molecule has 1 aromatic heterocycles. The van der Waals surface area contributed by atoms with Gasteiger partial charge in [-0.25, -0.2) is 4.98 Å². The number of rotatable bonds is 4. The number of amides is 1. The highest BCUT2D eigenvalue weighted by Crippen LogP contribution is 2.08. The van der Waals surface area contributed by atoms with E-state index in [-0.39, 0.29) is 11.9 Å². The summed E-state index contributed by atoms with van der Waals surface area (Å²) in [7, 11) is 0. The van der Waals surface area contributed by atoms with E-state index in [0.717, 1.165) is 12.4 Å². The number of hydrogen-bond acceptors (Lipinski definition) is 2. The zero-order valence-corrected chi connectivity index (χ0v) is 9.82. The maximum atomic E-state index is 11.7. The minimum atomic E-state index is -0.189. The zero-order chi connectivity index (χ0) is 11.4. The van der Waals surface area contributed by atoms with E-state index in [0.29, 0.717) is 5.92 Å². The van der Waals surface area contributed by atoms with Crippen LogP contribution in [0.1, 0.15) is 32.6 Å². The van der Waals surface area contributed by atoms with Gasteiger partial charge in [0.1, 0.15) is 11.9 Å². The van der Waals surface area contributed by atoms with Crippen molar-refractivity contribution in [2.75, 3.05) is 6.54 Å². The molecular formula is C11H19N3O. The second-order valence-corrected chi connectivity index (χ2v) is 4.20. The fourth-order valence-electron chi connectivity index (χ4n) is 1.38. The normalized spacial score (nSPS) is 12.9. The number of nitrogens with zero attached hydrogens (tertiary/aromatic N) is 2. The van der Waals surface area contributed by atoms with Crippen LogP contribution in [0.4, 0.5) is 0 Å². The molecule has 1 N–H and O–H groups in total. The second kappa shape index (κ2) is 4.96. The van der Waals surface area contributed by atoms with E-state index < -0.39 is 0 Å². The number of aromatic nitrogens is 2. The molecule has 1 rings (SSSR count). The molecule has 0 aliphatic carbocycles. The molecule has 0 aromatic carbocycles. The Morgan fingerprint density at radius 2 is 2.20 bits per heavy atom. The molecule has 0 spiro atoms. The van der Waals surface area contributed by atoms with Gasteiger partial charge in [-0.1, -0.05) is 13.8 Å². The van der Waals surface area contributed by atoms with E-state index in [1.807, 2.05) is 24.6 Å². The van der Waals surface area contributed by atoms with Crippen molar-refractivity contribution in [3.63, 3.8) is 0 Å². The van der Waals surface area contributed by atoms with Crippen molar-refractivity contribution in [1.29, 1.82) is 0 Å². The number of carbonyl (C=O) groups is 1. The van der Waals surface area contributed by atoms with Crippen LogP contribution in [0.3, 0.4) is 0 Å². The van der Waals surface area contributed by atoms with Gasteiger partial charge in [0.05, 0.1) is 0 Å². The molecule has 15 heavy (non-hydrogen) atoms. The van der Waals surface area contributed by atoms with Gasteiger partial charge in [-0.05, 0) is 19.8 Å². The molecule has 0 fully saturated rings. The van der Waals surface area contributed by atoms with E-state index in [9.17, 15) is 4.79 Å². The first-order valence-electron chi connectivity index (χ1n) is 5.29. The van der Waals surface area contributed by atoms with Crippen LogP contribution < -0.4 is 5.32 Å². The SMILES string of the molecule is Cc1nccn1C(C)C(=O)NCC(C)C. The van der Waals surface area contributed by atoms with Gasteiger partial charge < -0.3 is 9.88 Å². The van der Waals surface area contributed by atoms with Crippen molar-refractivity contribution >= 4 is 5.91 Å². The molecule has 0 saturated carbocycles. The van der Waals surface area contributed by atoms with Crippen LogP contribution in [0.25, 0.3) is 0 Å². The Labute approximate surface area is 90.7 Å². The number of imidazole rings is 1. The van der Waals surface area contributed by atoms with E-state index in [2.05, 4.69) is 24.1 Å². The predicted octanol–water partition coefficient (Wildman–Crippen LogP) is 1.52. The molecule has 1 heterocycles. The topological polar surface area (TPSA) is 46.9 Å². The van der Waals surface area contributed by atoms with Crippen LogP contribution in [0.15, 0.2) is 12.4 Å². The van der Waals surface area contributed by atoms with Crippen molar-refractivity contribution in [3.8, 4) is 0 Å². The number of nitrogens with one attached hydrogen (secondary N) is 1. The third-order valence-electron chi connectivity index (χ3n) is 2.34. The Morgan fingerprint density at radius 3 is 2.67 bits per heavy atom. The largest absolute Gasteiger partial charge is 0.354 e. The summed E-state index contributed by atoms with van der Waals surface area (Å²) >= 11 is 0. The summed E-state index contributed by atoms with van der Waals surface area (Å²) in [5.74, 6) is 1.39. The fourth-order valence-corrected chi connectivity index (χ4v) is 1.38. The first-order chi connectivity index (χ1) is 7.02. The lowest BCUT2D eigenvalue weighted by molar-refractivity contribution is -0.124. The summed E-state index contributed by atoms with van der Waals surface area (Å²) in [5, 5.41) is 2.91. The van der Waals surface area contributed by atoms with Crippen molar-refractivity contribution in [2.24, 2.45) is 5.92 Å². The Kier molecular flexibility index (Phi) is 3.88. The maximum absolute atomic E-state index is 11.7. The van der Waals surface area contributed by atoms with Crippen LogP contribution in [-0.4, -0.2) is 22.0 Å². The molecule has 4 heteroatoms. The number of aryl methyl sites for hydroxylation is 1. The third kappa shape index (κ3) is 3.08. The summed E-state index contributed by atoms with van der Waals surface area (Å²) in [5.41, 5.74) is 0. The van der Waals surface area contributed by atoms with Crippen molar-refractivity contribution in [2.45, 2.75) is 33.7 Å². The molecule has 84 valence electrons. The molecule has 1 amide bonds. The van der Waals surface area contributed by atoms with E-state index >= 15 is 0 Å². The smallest absolute Gasteiger partial charge is 0.242 e. The van der Waals surface area contributed by atoms with Gasteiger partial charge in [-0.15, -0.1) is 0 Å². The number of carbonyl (C=O) groups excluding carboxylic acids is 1. The molecule has 0 aliphatic heterocycles. The quantitative estimate of drug-likeness (QED) is 0.817. The summed E-state index contributed by atoms with van der Waals surface area (Å²) in [4.78, 5) is 15.8. The highest BCUT2D eigenvalue weighted by Gasteiger charge is 2.15. The fraction of sp³-hybridized carbons (Fsp3) is 0.636. The van der Waals surface area contributed by atoms with E-state index in [4.69, 9.17) is 0 Å². The molecule has 0 saturated heterocycles. The standard InChI is InChI=1S/C11H19N3O/c1-8(2)7-13-11(15)9(3)14-6-5-12-10(14)4/h5-6,8-9H,7H2,1-4H3,(H,13,15). The first-order valence-corrected chi connectivity index (χ1v) is 5.29. The summed E-state index contributed by atoms with van der Waals surface area (Å²) < 4.78 is 1.87.